The van der Waals surface area contributed by atoms with Crippen LogP contribution >= 0.6 is 0 Å². The Morgan fingerprint density at radius 1 is 1.15 bits per heavy atom. The third-order valence-electron chi connectivity index (χ3n) is 4.26. The van der Waals surface area contributed by atoms with Gasteiger partial charge in [-0.3, -0.25) is 0 Å². The van der Waals surface area contributed by atoms with Crippen molar-refractivity contribution in [3.05, 3.63) is 18.5 Å². The number of rotatable bonds is 1. The predicted molar refractivity (Wildman–Crippen MR) is 85.7 cm³/mol. The summed E-state index contributed by atoms with van der Waals surface area (Å²) in [7, 11) is 3.62. The van der Waals surface area contributed by atoms with Crippen LogP contribution < -0.4 is 4.90 Å². The molecule has 0 saturated carbocycles. The number of amides is 2. The van der Waals surface area contributed by atoms with Gasteiger partial charge in [-0.2, -0.15) is 13.2 Å². The first kappa shape index (κ1) is 19.7. The van der Waals surface area contributed by atoms with Crippen LogP contribution in [-0.4, -0.2) is 82.3 Å². The van der Waals surface area contributed by atoms with Gasteiger partial charge >= 0.3 is 18.2 Å². The molecule has 1 aromatic heterocycles. The van der Waals surface area contributed by atoms with Crippen molar-refractivity contribution < 1.29 is 27.9 Å². The minimum absolute atomic E-state index is 0.114. The number of likely N-dealkylation sites (tertiary alicyclic amines) is 1. The van der Waals surface area contributed by atoms with Crippen molar-refractivity contribution in [2.24, 2.45) is 0 Å². The summed E-state index contributed by atoms with van der Waals surface area (Å²) in [4.78, 5) is 35.6. The number of carboxylic acids is 1. The molecule has 3 heterocycles. The highest BCUT2D eigenvalue weighted by Crippen LogP contribution is 2.33. The van der Waals surface area contributed by atoms with Gasteiger partial charge in [0.1, 0.15) is 0 Å². The number of hydrogen-bond donors (Lipinski definition) is 1. The van der Waals surface area contributed by atoms with E-state index in [1.165, 1.54) is 0 Å². The standard InChI is InChI=1S/C13H19N5O.C2HF3O2/c1-16(2)13(19)18-9-5-10-11(18)4-8-17(10)12-14-6-3-7-15-12;3-2(4,5)1(6)7/h3,6-7,10-11H,4-5,8-9H2,1-2H3;(H,6,7)/t10-,11+;/m0./s1. The van der Waals surface area contributed by atoms with Gasteiger partial charge in [-0.15, -0.1) is 0 Å². The molecular weight excluding hydrogens is 355 g/mol. The third-order valence-corrected chi connectivity index (χ3v) is 4.26. The summed E-state index contributed by atoms with van der Waals surface area (Å²) in [5, 5.41) is 7.12. The lowest BCUT2D eigenvalue weighted by atomic mass is 10.1. The van der Waals surface area contributed by atoms with Crippen LogP contribution in [0.2, 0.25) is 0 Å². The first-order chi connectivity index (χ1) is 12.1. The van der Waals surface area contributed by atoms with E-state index in [4.69, 9.17) is 9.90 Å². The molecule has 2 aliphatic rings. The summed E-state index contributed by atoms with van der Waals surface area (Å²) in [6.45, 7) is 1.76. The predicted octanol–water partition coefficient (Wildman–Crippen LogP) is 1.44. The number of carboxylic acid groups (broad SMARTS) is 1. The van der Waals surface area contributed by atoms with Crippen molar-refractivity contribution in [2.75, 3.05) is 32.1 Å². The molecule has 0 aromatic carbocycles. The van der Waals surface area contributed by atoms with Gasteiger partial charge in [-0.25, -0.2) is 19.6 Å². The SMILES string of the molecule is CN(C)C(=O)N1CC[C@H]2[C@H]1CCN2c1ncccn1.O=C(O)C(F)(F)F. The number of alkyl halides is 3. The summed E-state index contributed by atoms with van der Waals surface area (Å²) in [5.41, 5.74) is 0. The van der Waals surface area contributed by atoms with E-state index in [-0.39, 0.29) is 6.03 Å². The molecule has 2 atom stereocenters. The Bertz CT molecular complexity index is 641. The van der Waals surface area contributed by atoms with E-state index in [1.807, 2.05) is 25.1 Å². The van der Waals surface area contributed by atoms with Gasteiger partial charge in [0.25, 0.3) is 0 Å². The van der Waals surface area contributed by atoms with Gasteiger partial charge in [0, 0.05) is 39.6 Å². The molecule has 0 bridgehead atoms. The van der Waals surface area contributed by atoms with E-state index in [0.717, 1.165) is 31.9 Å². The Kier molecular flexibility index (Phi) is 5.88. The molecular formula is C15H20F3N5O3. The highest BCUT2D eigenvalue weighted by atomic mass is 19.4. The summed E-state index contributed by atoms with van der Waals surface area (Å²) in [6.07, 6.45) is 0.464. The second-order valence-electron chi connectivity index (χ2n) is 6.13. The lowest BCUT2D eigenvalue weighted by Gasteiger charge is -2.27. The number of carbonyl (C=O) groups excluding carboxylic acids is 1. The number of aliphatic carboxylic acids is 1. The van der Waals surface area contributed by atoms with E-state index < -0.39 is 12.1 Å². The normalized spacial score (nSPS) is 21.7. The first-order valence-corrected chi connectivity index (χ1v) is 7.94. The molecule has 11 heteroatoms. The average Bonchev–Trinajstić information content (AvgIpc) is 3.16. The van der Waals surface area contributed by atoms with Gasteiger partial charge in [-0.05, 0) is 18.9 Å². The van der Waals surface area contributed by atoms with Crippen LogP contribution in [0.15, 0.2) is 18.5 Å². The van der Waals surface area contributed by atoms with Crippen LogP contribution in [-0.2, 0) is 4.79 Å². The molecule has 2 saturated heterocycles. The van der Waals surface area contributed by atoms with Crippen molar-refractivity contribution in [3.63, 3.8) is 0 Å². The van der Waals surface area contributed by atoms with Crippen LogP contribution in [0.5, 0.6) is 0 Å². The second kappa shape index (κ2) is 7.75. The van der Waals surface area contributed by atoms with Gasteiger partial charge in [-0.1, -0.05) is 0 Å². The van der Waals surface area contributed by atoms with E-state index in [0.29, 0.717) is 12.1 Å². The zero-order chi connectivity index (χ0) is 19.5. The molecule has 0 aliphatic carbocycles. The van der Waals surface area contributed by atoms with E-state index in [9.17, 15) is 18.0 Å². The molecule has 26 heavy (non-hydrogen) atoms. The lowest BCUT2D eigenvalue weighted by Crippen LogP contribution is -2.44. The number of hydrogen-bond acceptors (Lipinski definition) is 5. The minimum atomic E-state index is -5.08. The summed E-state index contributed by atoms with van der Waals surface area (Å²) in [6, 6.07) is 2.61. The fourth-order valence-electron chi connectivity index (χ4n) is 3.17. The maximum atomic E-state index is 12.1. The smallest absolute Gasteiger partial charge is 0.475 e. The Balaban J connectivity index is 0.000000298. The third kappa shape index (κ3) is 4.33. The highest BCUT2D eigenvalue weighted by Gasteiger charge is 2.45. The molecule has 3 rings (SSSR count). The molecule has 1 N–H and O–H groups in total. The maximum Gasteiger partial charge on any atom is 0.490 e. The molecule has 144 valence electrons. The topological polar surface area (TPSA) is 89.9 Å². The van der Waals surface area contributed by atoms with Gasteiger partial charge in [0.2, 0.25) is 5.95 Å². The van der Waals surface area contributed by atoms with Crippen LogP contribution in [0.3, 0.4) is 0 Å². The van der Waals surface area contributed by atoms with Crippen LogP contribution in [0.4, 0.5) is 23.9 Å². The molecule has 8 nitrogen and oxygen atoms in total. The summed E-state index contributed by atoms with van der Waals surface area (Å²) < 4.78 is 31.7. The van der Waals surface area contributed by atoms with Crippen molar-refractivity contribution >= 4 is 17.9 Å². The number of aromatic nitrogens is 2. The van der Waals surface area contributed by atoms with E-state index in [2.05, 4.69) is 14.9 Å². The highest BCUT2D eigenvalue weighted by molar-refractivity contribution is 5.75. The zero-order valence-corrected chi connectivity index (χ0v) is 14.3. The van der Waals surface area contributed by atoms with Crippen LogP contribution in [0.25, 0.3) is 0 Å². The zero-order valence-electron chi connectivity index (χ0n) is 14.3. The van der Waals surface area contributed by atoms with Gasteiger partial charge < -0.3 is 19.8 Å². The van der Waals surface area contributed by atoms with E-state index >= 15 is 0 Å². The maximum absolute atomic E-state index is 12.1. The number of fused-ring (bicyclic) bond motifs is 1. The fourth-order valence-corrected chi connectivity index (χ4v) is 3.17. The first-order valence-electron chi connectivity index (χ1n) is 7.94. The van der Waals surface area contributed by atoms with Gasteiger partial charge in [0.05, 0.1) is 12.1 Å². The minimum Gasteiger partial charge on any atom is -0.475 e. The molecule has 1 aromatic rings. The Labute approximate surface area is 148 Å². The Hall–Kier alpha value is -2.59. The Morgan fingerprint density at radius 3 is 2.19 bits per heavy atom. The number of nitrogens with zero attached hydrogens (tertiary/aromatic N) is 5. The van der Waals surface area contributed by atoms with Gasteiger partial charge in [0.15, 0.2) is 0 Å². The Morgan fingerprint density at radius 2 is 1.69 bits per heavy atom. The summed E-state index contributed by atoms with van der Waals surface area (Å²) in [5.74, 6) is -1.97. The molecule has 2 fully saturated rings. The number of carbonyl (C=O) groups is 2. The van der Waals surface area contributed by atoms with Crippen molar-refractivity contribution in [1.82, 2.24) is 19.8 Å². The average molecular weight is 375 g/mol. The second-order valence-corrected chi connectivity index (χ2v) is 6.13. The van der Waals surface area contributed by atoms with Crippen LogP contribution in [0, 0.1) is 0 Å². The summed E-state index contributed by atoms with van der Waals surface area (Å²) >= 11 is 0. The largest absolute Gasteiger partial charge is 0.490 e. The van der Waals surface area contributed by atoms with Crippen molar-refractivity contribution in [1.29, 1.82) is 0 Å². The number of halogens is 3. The monoisotopic (exact) mass is 375 g/mol. The molecule has 2 aliphatic heterocycles. The number of urea groups is 1. The van der Waals surface area contributed by atoms with Crippen molar-refractivity contribution in [3.8, 4) is 0 Å². The quantitative estimate of drug-likeness (QED) is 0.799. The molecule has 0 spiro atoms. The van der Waals surface area contributed by atoms with Crippen molar-refractivity contribution in [2.45, 2.75) is 31.1 Å². The molecule has 0 radical (unpaired) electrons. The fraction of sp³-hybridized carbons (Fsp3) is 0.600. The molecule has 2 amide bonds. The number of anilines is 1. The van der Waals surface area contributed by atoms with Crippen LogP contribution in [0.1, 0.15) is 12.8 Å². The molecule has 0 unspecified atom stereocenters. The van der Waals surface area contributed by atoms with E-state index in [1.54, 1.807) is 17.3 Å². The lowest BCUT2D eigenvalue weighted by molar-refractivity contribution is -0.192.